The third-order valence-electron chi connectivity index (χ3n) is 0.315. The monoisotopic (exact) mass is 108 g/mol. The van der Waals surface area contributed by atoms with E-state index in [0.717, 1.165) is 0 Å². The molecule has 0 aromatic rings. The summed E-state index contributed by atoms with van der Waals surface area (Å²) in [6.45, 7) is 0. The van der Waals surface area contributed by atoms with Crippen molar-refractivity contribution in [1.82, 2.24) is 0 Å². The predicted octanol–water partition coefficient (Wildman–Crippen LogP) is -0.215. The Morgan fingerprint density at radius 3 is 2.50 bits per heavy atom. The highest BCUT2D eigenvalue weighted by Crippen LogP contribution is 1.78. The molecule has 0 heterocycles. The predicted molar refractivity (Wildman–Crippen MR) is 22.8 cm³/mol. The van der Waals surface area contributed by atoms with Crippen molar-refractivity contribution in [2.75, 3.05) is 5.88 Å². The number of aliphatic hydroxyl groups is 1. The van der Waals surface area contributed by atoms with Gasteiger partial charge in [-0.2, -0.15) is 0 Å². The van der Waals surface area contributed by atoms with Crippen LogP contribution in [0.1, 0.15) is 0 Å². The summed E-state index contributed by atoms with van der Waals surface area (Å²) in [5.41, 5.74) is 0. The summed E-state index contributed by atoms with van der Waals surface area (Å²) >= 11 is 4.97. The Morgan fingerprint density at radius 1 is 2.00 bits per heavy atom. The maximum Gasteiger partial charge on any atom is 0.149 e. The van der Waals surface area contributed by atoms with E-state index in [-0.39, 0.29) is 5.88 Å². The zero-order valence-corrected chi connectivity index (χ0v) is 3.85. The van der Waals surface area contributed by atoms with Crippen LogP contribution in [0.5, 0.6) is 0 Å². The molecule has 1 N–H and O–H groups in total. The van der Waals surface area contributed by atoms with Gasteiger partial charge in [-0.1, -0.05) is 0 Å². The van der Waals surface area contributed by atoms with Gasteiger partial charge in [0.1, 0.15) is 12.4 Å². The molecule has 0 aliphatic heterocycles. The third-order valence-corrected chi connectivity index (χ3v) is 0.631. The van der Waals surface area contributed by atoms with Crippen molar-refractivity contribution in [3.63, 3.8) is 0 Å². The minimum Gasteiger partial charge on any atom is -0.384 e. The van der Waals surface area contributed by atoms with E-state index in [4.69, 9.17) is 16.7 Å². The summed E-state index contributed by atoms with van der Waals surface area (Å²) in [4.78, 5) is 9.40. The summed E-state index contributed by atoms with van der Waals surface area (Å²) in [6.07, 6.45) is -0.584. The molecule has 0 saturated carbocycles. The van der Waals surface area contributed by atoms with Crippen LogP contribution in [0.4, 0.5) is 0 Å². The molecule has 0 aromatic heterocycles. The first-order valence-electron chi connectivity index (χ1n) is 1.50. The van der Waals surface area contributed by atoms with Gasteiger partial charge in [0.25, 0.3) is 0 Å². The SMILES string of the molecule is O=CC(O)CCl. The molecule has 1 atom stereocenters. The van der Waals surface area contributed by atoms with Crippen molar-refractivity contribution in [2.24, 2.45) is 0 Å². The highest BCUT2D eigenvalue weighted by atomic mass is 35.5. The smallest absolute Gasteiger partial charge is 0.149 e. The van der Waals surface area contributed by atoms with Gasteiger partial charge in [-0.15, -0.1) is 11.6 Å². The molecule has 0 aromatic carbocycles. The maximum atomic E-state index is 9.40. The average molecular weight is 109 g/mol. The Hall–Kier alpha value is -0.0800. The van der Waals surface area contributed by atoms with Gasteiger partial charge < -0.3 is 9.90 Å². The van der Waals surface area contributed by atoms with Gasteiger partial charge in [0.15, 0.2) is 0 Å². The Bertz CT molecular complexity index is 46.1. The lowest BCUT2D eigenvalue weighted by molar-refractivity contribution is -0.113. The molecule has 0 amide bonds. The van der Waals surface area contributed by atoms with E-state index in [2.05, 4.69) is 0 Å². The van der Waals surface area contributed by atoms with Gasteiger partial charge in [0.05, 0.1) is 5.88 Å². The minimum atomic E-state index is -0.980. The quantitative estimate of drug-likeness (QED) is 0.393. The van der Waals surface area contributed by atoms with Crippen LogP contribution in [-0.4, -0.2) is 23.4 Å². The van der Waals surface area contributed by atoms with Crippen molar-refractivity contribution >= 4 is 17.9 Å². The van der Waals surface area contributed by atoms with Gasteiger partial charge in [-0.05, 0) is 0 Å². The Balaban J connectivity index is 2.96. The van der Waals surface area contributed by atoms with E-state index in [1.807, 2.05) is 0 Å². The number of hydrogen-bond donors (Lipinski definition) is 1. The van der Waals surface area contributed by atoms with Crippen LogP contribution in [0.3, 0.4) is 0 Å². The number of carbonyl (C=O) groups is 1. The van der Waals surface area contributed by atoms with E-state index in [9.17, 15) is 4.79 Å². The summed E-state index contributed by atoms with van der Waals surface area (Å²) < 4.78 is 0. The van der Waals surface area contributed by atoms with E-state index in [1.54, 1.807) is 0 Å². The molecule has 0 rings (SSSR count). The number of hydrogen-bond acceptors (Lipinski definition) is 2. The molecule has 3 heteroatoms. The van der Waals surface area contributed by atoms with Crippen LogP contribution < -0.4 is 0 Å². The van der Waals surface area contributed by atoms with Crippen LogP contribution in [0.25, 0.3) is 0 Å². The molecule has 36 valence electrons. The average Bonchev–Trinajstić information content (AvgIpc) is 1.65. The Morgan fingerprint density at radius 2 is 2.50 bits per heavy atom. The lowest BCUT2D eigenvalue weighted by Crippen LogP contribution is -2.08. The highest BCUT2D eigenvalue weighted by molar-refractivity contribution is 6.19. The normalized spacial score (nSPS) is 13.7. The fourth-order valence-corrected chi connectivity index (χ4v) is 0.109. The van der Waals surface area contributed by atoms with Crippen molar-refractivity contribution in [2.45, 2.75) is 6.10 Å². The zero-order chi connectivity index (χ0) is 4.99. The van der Waals surface area contributed by atoms with Gasteiger partial charge in [0.2, 0.25) is 0 Å². The number of aldehydes is 1. The second kappa shape index (κ2) is 3.12. The molecule has 2 nitrogen and oxygen atoms in total. The molecular weight excluding hydrogens is 103 g/mol. The fraction of sp³-hybridized carbons (Fsp3) is 0.667. The van der Waals surface area contributed by atoms with Crippen molar-refractivity contribution in [1.29, 1.82) is 0 Å². The first-order chi connectivity index (χ1) is 2.81. The van der Waals surface area contributed by atoms with Crippen LogP contribution in [0.2, 0.25) is 0 Å². The zero-order valence-electron chi connectivity index (χ0n) is 3.10. The largest absolute Gasteiger partial charge is 0.384 e. The Kier molecular flexibility index (Phi) is 3.08. The molecule has 0 saturated heterocycles. The minimum absolute atomic E-state index is 0.0104. The molecule has 0 radical (unpaired) electrons. The second-order valence-corrected chi connectivity index (χ2v) is 1.17. The van der Waals surface area contributed by atoms with Crippen LogP contribution in [0, 0.1) is 0 Å². The fourth-order valence-electron chi connectivity index (χ4n) is 0.0364. The Labute approximate surface area is 40.7 Å². The van der Waals surface area contributed by atoms with Gasteiger partial charge >= 0.3 is 0 Å². The van der Waals surface area contributed by atoms with E-state index < -0.39 is 6.10 Å². The highest BCUT2D eigenvalue weighted by Gasteiger charge is 1.93. The molecule has 0 aliphatic rings. The van der Waals surface area contributed by atoms with Gasteiger partial charge in [-0.25, -0.2) is 0 Å². The van der Waals surface area contributed by atoms with E-state index in [1.165, 1.54) is 0 Å². The van der Waals surface area contributed by atoms with Crippen LogP contribution in [-0.2, 0) is 4.79 Å². The van der Waals surface area contributed by atoms with Crippen molar-refractivity contribution < 1.29 is 9.90 Å². The van der Waals surface area contributed by atoms with E-state index in [0.29, 0.717) is 6.29 Å². The first kappa shape index (κ1) is 5.92. The van der Waals surface area contributed by atoms with Crippen molar-refractivity contribution in [3.05, 3.63) is 0 Å². The number of rotatable bonds is 2. The molecular formula is C3H5ClO2. The molecule has 1 unspecified atom stereocenters. The lowest BCUT2D eigenvalue weighted by atomic mass is 10.5. The van der Waals surface area contributed by atoms with E-state index >= 15 is 0 Å². The number of carbonyl (C=O) groups excluding carboxylic acids is 1. The molecule has 0 aliphatic carbocycles. The molecule has 0 fully saturated rings. The molecule has 0 spiro atoms. The second-order valence-electron chi connectivity index (χ2n) is 0.858. The molecule has 6 heavy (non-hydrogen) atoms. The maximum absolute atomic E-state index is 9.40. The lowest BCUT2D eigenvalue weighted by Gasteiger charge is -1.87. The molecule has 0 bridgehead atoms. The summed E-state index contributed by atoms with van der Waals surface area (Å²) in [5, 5.41) is 8.17. The summed E-state index contributed by atoms with van der Waals surface area (Å²) in [7, 11) is 0. The first-order valence-corrected chi connectivity index (χ1v) is 2.04. The van der Waals surface area contributed by atoms with Gasteiger partial charge in [0, 0.05) is 0 Å². The van der Waals surface area contributed by atoms with Crippen molar-refractivity contribution in [3.8, 4) is 0 Å². The van der Waals surface area contributed by atoms with Gasteiger partial charge in [-0.3, -0.25) is 0 Å². The van der Waals surface area contributed by atoms with Crippen LogP contribution >= 0.6 is 11.6 Å². The third kappa shape index (κ3) is 2.18. The topological polar surface area (TPSA) is 37.3 Å². The number of alkyl halides is 1. The summed E-state index contributed by atoms with van der Waals surface area (Å²) in [5.74, 6) is -0.0104. The number of aliphatic hydroxyl groups excluding tert-OH is 1. The number of halogens is 1. The summed E-state index contributed by atoms with van der Waals surface area (Å²) in [6, 6.07) is 0. The standard InChI is InChI=1S/C3H5ClO2/c4-1-3(6)2-5/h2-3,6H,1H2. The van der Waals surface area contributed by atoms with Crippen LogP contribution in [0.15, 0.2) is 0 Å².